The van der Waals surface area contributed by atoms with Crippen molar-refractivity contribution in [2.75, 3.05) is 5.73 Å². The van der Waals surface area contributed by atoms with Crippen LogP contribution < -0.4 is 5.73 Å². The van der Waals surface area contributed by atoms with Crippen molar-refractivity contribution in [1.82, 2.24) is 15.0 Å². The zero-order valence-electron chi connectivity index (χ0n) is 9.04. The molecule has 19 heavy (non-hydrogen) atoms. The Balaban J connectivity index is 2.47. The third kappa shape index (κ3) is 2.73. The molecule has 2 aromatic rings. The van der Waals surface area contributed by atoms with Gasteiger partial charge in [-0.3, -0.25) is 0 Å². The Hall–Kier alpha value is -1.96. The van der Waals surface area contributed by atoms with E-state index in [0.717, 1.165) is 12.3 Å². The molecule has 9 heteroatoms. The highest BCUT2D eigenvalue weighted by atomic mass is 35.5. The molecule has 0 bridgehead atoms. The Kier molecular flexibility index (Phi) is 3.27. The lowest BCUT2D eigenvalue weighted by atomic mass is 10.2. The van der Waals surface area contributed by atoms with Crippen molar-refractivity contribution in [2.45, 2.75) is 6.18 Å². The standard InChI is InChI=1S/C10H5ClF4N4/c11-8-7(10(13,14)15)17-3-6(18-8)5-2-1-4(12)9(16)19-5/h1-3H,(H2,16,19). The van der Waals surface area contributed by atoms with Crippen molar-refractivity contribution < 1.29 is 17.6 Å². The van der Waals surface area contributed by atoms with E-state index in [-0.39, 0.29) is 11.4 Å². The van der Waals surface area contributed by atoms with Crippen molar-refractivity contribution in [3.8, 4) is 11.4 Å². The number of aromatic nitrogens is 3. The lowest BCUT2D eigenvalue weighted by Gasteiger charge is -2.08. The highest BCUT2D eigenvalue weighted by Gasteiger charge is 2.36. The summed E-state index contributed by atoms with van der Waals surface area (Å²) in [6.07, 6.45) is -3.85. The van der Waals surface area contributed by atoms with Gasteiger partial charge in [-0.1, -0.05) is 11.6 Å². The summed E-state index contributed by atoms with van der Waals surface area (Å²) in [7, 11) is 0. The van der Waals surface area contributed by atoms with E-state index >= 15 is 0 Å². The first kappa shape index (κ1) is 13.5. The molecule has 0 radical (unpaired) electrons. The SMILES string of the molecule is Nc1nc(-c2cnc(C(F)(F)F)c(Cl)n2)ccc1F. The highest BCUT2D eigenvalue weighted by Crippen LogP contribution is 2.32. The van der Waals surface area contributed by atoms with Crippen molar-refractivity contribution in [3.63, 3.8) is 0 Å². The summed E-state index contributed by atoms with van der Waals surface area (Å²) >= 11 is 5.41. The summed E-state index contributed by atoms with van der Waals surface area (Å²) in [5.41, 5.74) is 3.98. The molecule has 0 unspecified atom stereocenters. The molecule has 100 valence electrons. The van der Waals surface area contributed by atoms with Gasteiger partial charge in [0.15, 0.2) is 22.5 Å². The number of nitrogen functional groups attached to an aromatic ring is 1. The zero-order valence-corrected chi connectivity index (χ0v) is 9.80. The van der Waals surface area contributed by atoms with E-state index < -0.39 is 28.7 Å². The topological polar surface area (TPSA) is 64.7 Å². The molecule has 2 N–H and O–H groups in total. The lowest BCUT2D eigenvalue weighted by Crippen LogP contribution is -2.10. The largest absolute Gasteiger partial charge is 0.436 e. The van der Waals surface area contributed by atoms with Gasteiger partial charge < -0.3 is 5.73 Å². The van der Waals surface area contributed by atoms with Gasteiger partial charge in [0.2, 0.25) is 0 Å². The fourth-order valence-corrected chi connectivity index (χ4v) is 1.53. The third-order valence-corrected chi connectivity index (χ3v) is 2.40. The van der Waals surface area contributed by atoms with Crippen LogP contribution in [0.3, 0.4) is 0 Å². The molecule has 2 rings (SSSR count). The minimum atomic E-state index is -4.70. The zero-order chi connectivity index (χ0) is 14.2. The minimum absolute atomic E-state index is 0.0373. The van der Waals surface area contributed by atoms with Crippen LogP contribution in [0.1, 0.15) is 5.69 Å². The molecule has 0 amide bonds. The smallest absolute Gasteiger partial charge is 0.381 e. The average molecular weight is 293 g/mol. The molecular formula is C10H5ClF4N4. The normalized spacial score (nSPS) is 11.6. The molecule has 2 aromatic heterocycles. The molecule has 0 saturated heterocycles. The second-order valence-corrected chi connectivity index (χ2v) is 3.81. The van der Waals surface area contributed by atoms with E-state index in [4.69, 9.17) is 17.3 Å². The second-order valence-electron chi connectivity index (χ2n) is 3.46. The van der Waals surface area contributed by atoms with E-state index in [1.54, 1.807) is 0 Å². The van der Waals surface area contributed by atoms with Gasteiger partial charge in [0.1, 0.15) is 5.69 Å². The van der Waals surface area contributed by atoms with Crippen LogP contribution in [-0.2, 0) is 6.18 Å². The molecular weight excluding hydrogens is 288 g/mol. The Labute approximate surface area is 109 Å². The Morgan fingerprint density at radius 2 is 1.79 bits per heavy atom. The number of hydrogen-bond donors (Lipinski definition) is 1. The van der Waals surface area contributed by atoms with Crippen LogP contribution in [0.5, 0.6) is 0 Å². The summed E-state index contributed by atoms with van der Waals surface area (Å²) < 4.78 is 50.2. The number of rotatable bonds is 1. The molecule has 0 fully saturated rings. The number of anilines is 1. The van der Waals surface area contributed by atoms with Gasteiger partial charge in [-0.15, -0.1) is 0 Å². The Morgan fingerprint density at radius 3 is 2.32 bits per heavy atom. The van der Waals surface area contributed by atoms with Crippen molar-refractivity contribution in [3.05, 3.63) is 35.0 Å². The van der Waals surface area contributed by atoms with E-state index in [9.17, 15) is 17.6 Å². The van der Waals surface area contributed by atoms with Gasteiger partial charge in [0.25, 0.3) is 0 Å². The first-order valence-electron chi connectivity index (χ1n) is 4.81. The van der Waals surface area contributed by atoms with Crippen molar-refractivity contribution in [1.29, 1.82) is 0 Å². The molecule has 0 saturated carbocycles. The summed E-state index contributed by atoms with van der Waals surface area (Å²) in [5.74, 6) is -1.13. The number of halogens is 5. The molecule has 0 aliphatic heterocycles. The van der Waals surface area contributed by atoms with Crippen LogP contribution >= 0.6 is 11.6 Å². The first-order chi connectivity index (χ1) is 8.79. The minimum Gasteiger partial charge on any atom is -0.381 e. The van der Waals surface area contributed by atoms with E-state index in [2.05, 4.69) is 15.0 Å². The maximum Gasteiger partial charge on any atom is 0.436 e. The van der Waals surface area contributed by atoms with E-state index in [0.29, 0.717) is 0 Å². The average Bonchev–Trinajstić information content (AvgIpc) is 2.31. The predicted octanol–water partition coefficient (Wildman–Crippen LogP) is 2.93. The second kappa shape index (κ2) is 4.61. The molecule has 2 heterocycles. The van der Waals surface area contributed by atoms with Crippen LogP contribution in [0.4, 0.5) is 23.4 Å². The van der Waals surface area contributed by atoms with E-state index in [1.807, 2.05) is 0 Å². The number of nitrogens with zero attached hydrogens (tertiary/aromatic N) is 3. The van der Waals surface area contributed by atoms with Crippen LogP contribution in [-0.4, -0.2) is 15.0 Å². The monoisotopic (exact) mass is 292 g/mol. The fourth-order valence-electron chi connectivity index (χ4n) is 1.28. The molecule has 4 nitrogen and oxygen atoms in total. The van der Waals surface area contributed by atoms with Gasteiger partial charge >= 0.3 is 6.18 Å². The Bertz CT molecular complexity index is 629. The fraction of sp³-hybridized carbons (Fsp3) is 0.100. The molecule has 0 spiro atoms. The van der Waals surface area contributed by atoms with Gasteiger partial charge in [0, 0.05) is 0 Å². The lowest BCUT2D eigenvalue weighted by molar-refractivity contribution is -0.141. The summed E-state index contributed by atoms with van der Waals surface area (Å²) in [5, 5.41) is -0.810. The van der Waals surface area contributed by atoms with Crippen LogP contribution in [0.2, 0.25) is 5.15 Å². The van der Waals surface area contributed by atoms with Crippen LogP contribution in [0, 0.1) is 5.82 Å². The molecule has 0 aromatic carbocycles. The number of hydrogen-bond acceptors (Lipinski definition) is 4. The van der Waals surface area contributed by atoms with E-state index in [1.165, 1.54) is 6.07 Å². The van der Waals surface area contributed by atoms with Gasteiger partial charge in [0.05, 0.1) is 11.9 Å². The quantitative estimate of drug-likeness (QED) is 0.821. The van der Waals surface area contributed by atoms with Crippen LogP contribution in [0.25, 0.3) is 11.4 Å². The molecule has 0 aliphatic rings. The van der Waals surface area contributed by atoms with Gasteiger partial charge in [-0.05, 0) is 12.1 Å². The molecule has 0 aliphatic carbocycles. The van der Waals surface area contributed by atoms with Crippen molar-refractivity contribution in [2.24, 2.45) is 0 Å². The first-order valence-corrected chi connectivity index (χ1v) is 5.19. The van der Waals surface area contributed by atoms with Gasteiger partial charge in [-0.25, -0.2) is 19.3 Å². The summed E-state index contributed by atoms with van der Waals surface area (Å²) in [6, 6.07) is 2.23. The predicted molar refractivity (Wildman–Crippen MR) is 59.6 cm³/mol. The number of nitrogens with two attached hydrogens (primary N) is 1. The summed E-state index contributed by atoms with van der Waals surface area (Å²) in [6.45, 7) is 0. The maximum absolute atomic E-state index is 12.9. The maximum atomic E-state index is 12.9. The summed E-state index contributed by atoms with van der Waals surface area (Å²) in [4.78, 5) is 10.3. The number of pyridine rings is 1. The third-order valence-electron chi connectivity index (χ3n) is 2.13. The highest BCUT2D eigenvalue weighted by molar-refractivity contribution is 6.30. The van der Waals surface area contributed by atoms with Gasteiger partial charge in [-0.2, -0.15) is 13.2 Å². The van der Waals surface area contributed by atoms with Crippen LogP contribution in [0.15, 0.2) is 18.3 Å². The Morgan fingerprint density at radius 1 is 1.11 bits per heavy atom. The van der Waals surface area contributed by atoms with Crippen molar-refractivity contribution >= 4 is 17.4 Å². The number of alkyl halides is 3. The molecule has 0 atom stereocenters.